The van der Waals surface area contributed by atoms with Gasteiger partial charge in [-0.3, -0.25) is 10.1 Å². The van der Waals surface area contributed by atoms with Crippen LogP contribution in [-0.2, 0) is 6.54 Å². The molecule has 0 saturated carbocycles. The smallest absolute Gasteiger partial charge is 0.270 e. The second-order valence-corrected chi connectivity index (χ2v) is 4.59. The molecule has 2 aromatic rings. The van der Waals surface area contributed by atoms with Crippen molar-refractivity contribution in [1.82, 2.24) is 0 Å². The maximum atomic E-state index is 10.5. The van der Waals surface area contributed by atoms with Crippen LogP contribution in [0.2, 0.25) is 5.02 Å². The molecule has 17 heavy (non-hydrogen) atoms. The molecule has 0 unspecified atom stereocenters. The molecule has 0 aliphatic rings. The molecular weight excluding hydrogens is 260 g/mol. The maximum Gasteiger partial charge on any atom is 0.270 e. The third-order valence-corrected chi connectivity index (χ3v) is 3.29. The zero-order valence-electron chi connectivity index (χ0n) is 8.72. The SMILES string of the molecule is O=[N+]([O-])c1ccc(CNc2ccsc2)c(Cl)c1. The summed E-state index contributed by atoms with van der Waals surface area (Å²) in [6.07, 6.45) is 0. The zero-order chi connectivity index (χ0) is 12.3. The van der Waals surface area contributed by atoms with Crippen molar-refractivity contribution < 1.29 is 4.92 Å². The van der Waals surface area contributed by atoms with Crippen molar-refractivity contribution in [3.8, 4) is 0 Å². The summed E-state index contributed by atoms with van der Waals surface area (Å²) < 4.78 is 0. The highest BCUT2D eigenvalue weighted by atomic mass is 35.5. The summed E-state index contributed by atoms with van der Waals surface area (Å²) in [6, 6.07) is 6.45. The van der Waals surface area contributed by atoms with E-state index in [1.807, 2.05) is 16.8 Å². The van der Waals surface area contributed by atoms with E-state index < -0.39 is 4.92 Å². The van der Waals surface area contributed by atoms with Gasteiger partial charge in [-0.1, -0.05) is 11.6 Å². The molecule has 0 aliphatic heterocycles. The summed E-state index contributed by atoms with van der Waals surface area (Å²) >= 11 is 7.57. The van der Waals surface area contributed by atoms with Gasteiger partial charge in [0.25, 0.3) is 5.69 Å². The van der Waals surface area contributed by atoms with Crippen LogP contribution in [0, 0.1) is 10.1 Å². The molecule has 1 N–H and O–H groups in total. The van der Waals surface area contributed by atoms with Gasteiger partial charge in [0, 0.05) is 29.7 Å². The fourth-order valence-electron chi connectivity index (χ4n) is 1.36. The largest absolute Gasteiger partial charge is 0.380 e. The van der Waals surface area contributed by atoms with Crippen LogP contribution in [0.15, 0.2) is 35.0 Å². The molecule has 0 spiro atoms. The fourth-order valence-corrected chi connectivity index (χ4v) is 2.21. The highest BCUT2D eigenvalue weighted by Crippen LogP contribution is 2.23. The summed E-state index contributed by atoms with van der Waals surface area (Å²) in [4.78, 5) is 10.1. The highest BCUT2D eigenvalue weighted by Gasteiger charge is 2.09. The minimum atomic E-state index is -0.456. The number of nitro benzene ring substituents is 1. The van der Waals surface area contributed by atoms with E-state index in [2.05, 4.69) is 5.32 Å². The number of thiophene rings is 1. The Labute approximate surface area is 107 Å². The molecule has 6 heteroatoms. The first-order valence-electron chi connectivity index (χ1n) is 4.85. The number of nitrogens with zero attached hydrogens (tertiary/aromatic N) is 1. The molecule has 0 fully saturated rings. The predicted octanol–water partition coefficient (Wildman–Crippen LogP) is 3.92. The summed E-state index contributed by atoms with van der Waals surface area (Å²) in [5.41, 5.74) is 1.86. The van der Waals surface area contributed by atoms with Crippen LogP contribution < -0.4 is 5.32 Å². The Morgan fingerprint density at radius 3 is 2.82 bits per heavy atom. The van der Waals surface area contributed by atoms with Gasteiger partial charge in [0.1, 0.15) is 0 Å². The lowest BCUT2D eigenvalue weighted by Gasteiger charge is -2.06. The molecular formula is C11H9ClN2O2S. The first kappa shape index (κ1) is 11.9. The topological polar surface area (TPSA) is 55.2 Å². The zero-order valence-corrected chi connectivity index (χ0v) is 10.3. The van der Waals surface area contributed by atoms with Crippen LogP contribution in [0.25, 0.3) is 0 Å². The number of hydrogen-bond donors (Lipinski definition) is 1. The van der Waals surface area contributed by atoms with Crippen LogP contribution >= 0.6 is 22.9 Å². The lowest BCUT2D eigenvalue weighted by Crippen LogP contribution is -1.99. The van der Waals surface area contributed by atoms with Crippen LogP contribution in [0.1, 0.15) is 5.56 Å². The fraction of sp³-hybridized carbons (Fsp3) is 0.0909. The molecule has 88 valence electrons. The van der Waals surface area contributed by atoms with Gasteiger partial charge in [0.15, 0.2) is 0 Å². The average molecular weight is 269 g/mol. The first-order valence-corrected chi connectivity index (χ1v) is 6.18. The predicted molar refractivity (Wildman–Crippen MR) is 69.8 cm³/mol. The quantitative estimate of drug-likeness (QED) is 0.675. The van der Waals surface area contributed by atoms with Gasteiger partial charge in [-0.2, -0.15) is 11.3 Å². The van der Waals surface area contributed by atoms with E-state index in [0.29, 0.717) is 11.6 Å². The molecule has 1 aromatic heterocycles. The Morgan fingerprint density at radius 1 is 1.41 bits per heavy atom. The molecule has 0 radical (unpaired) electrons. The van der Waals surface area contributed by atoms with Crippen LogP contribution in [0.5, 0.6) is 0 Å². The van der Waals surface area contributed by atoms with E-state index in [9.17, 15) is 10.1 Å². The summed E-state index contributed by atoms with van der Waals surface area (Å²) in [5.74, 6) is 0. The van der Waals surface area contributed by atoms with Gasteiger partial charge in [-0.25, -0.2) is 0 Å². The van der Waals surface area contributed by atoms with Crippen molar-refractivity contribution in [2.24, 2.45) is 0 Å². The minimum absolute atomic E-state index is 0.00860. The van der Waals surface area contributed by atoms with E-state index in [-0.39, 0.29) is 5.69 Å². The lowest BCUT2D eigenvalue weighted by atomic mass is 10.2. The van der Waals surface area contributed by atoms with E-state index in [0.717, 1.165) is 11.3 Å². The van der Waals surface area contributed by atoms with Crippen LogP contribution in [-0.4, -0.2) is 4.92 Å². The Kier molecular flexibility index (Phi) is 3.61. The average Bonchev–Trinajstić information content (AvgIpc) is 2.80. The van der Waals surface area contributed by atoms with Crippen LogP contribution in [0.4, 0.5) is 11.4 Å². The molecule has 1 heterocycles. The number of benzene rings is 1. The van der Waals surface area contributed by atoms with Crippen LogP contribution in [0.3, 0.4) is 0 Å². The summed E-state index contributed by atoms with van der Waals surface area (Å²) in [7, 11) is 0. The van der Waals surface area contributed by atoms with E-state index in [1.54, 1.807) is 17.4 Å². The molecule has 0 aliphatic carbocycles. The molecule has 0 amide bonds. The number of hydrogen-bond acceptors (Lipinski definition) is 4. The maximum absolute atomic E-state index is 10.5. The molecule has 0 bridgehead atoms. The Hall–Kier alpha value is -1.59. The number of nitrogens with one attached hydrogen (secondary N) is 1. The minimum Gasteiger partial charge on any atom is -0.380 e. The first-order chi connectivity index (χ1) is 8.16. The standard InChI is InChI=1S/C11H9ClN2O2S/c12-11-5-10(14(15)16)2-1-8(11)6-13-9-3-4-17-7-9/h1-5,7,13H,6H2. The number of rotatable bonds is 4. The third-order valence-electron chi connectivity index (χ3n) is 2.25. The van der Waals surface area contributed by atoms with Crippen molar-refractivity contribution in [1.29, 1.82) is 0 Å². The number of non-ortho nitro benzene ring substituents is 1. The molecule has 0 atom stereocenters. The highest BCUT2D eigenvalue weighted by molar-refractivity contribution is 7.08. The van der Waals surface area contributed by atoms with Crippen molar-refractivity contribution in [3.63, 3.8) is 0 Å². The van der Waals surface area contributed by atoms with E-state index in [1.165, 1.54) is 12.1 Å². The number of nitro groups is 1. The second-order valence-electron chi connectivity index (χ2n) is 3.40. The van der Waals surface area contributed by atoms with Gasteiger partial charge in [-0.15, -0.1) is 0 Å². The van der Waals surface area contributed by atoms with Crippen molar-refractivity contribution >= 4 is 34.3 Å². The summed E-state index contributed by atoms with van der Waals surface area (Å²) in [5, 5.41) is 18.1. The number of halogens is 1. The van der Waals surface area contributed by atoms with Crippen molar-refractivity contribution in [3.05, 3.63) is 55.7 Å². The van der Waals surface area contributed by atoms with Gasteiger partial charge in [-0.05, 0) is 23.1 Å². The number of anilines is 1. The normalized spacial score (nSPS) is 10.2. The van der Waals surface area contributed by atoms with Crippen molar-refractivity contribution in [2.75, 3.05) is 5.32 Å². The molecule has 4 nitrogen and oxygen atoms in total. The third kappa shape index (κ3) is 2.95. The van der Waals surface area contributed by atoms with Crippen molar-refractivity contribution in [2.45, 2.75) is 6.54 Å². The monoisotopic (exact) mass is 268 g/mol. The summed E-state index contributed by atoms with van der Waals surface area (Å²) in [6.45, 7) is 0.549. The van der Waals surface area contributed by atoms with Gasteiger partial charge >= 0.3 is 0 Å². The second kappa shape index (κ2) is 5.16. The Bertz CT molecular complexity index is 528. The lowest BCUT2D eigenvalue weighted by molar-refractivity contribution is -0.384. The van der Waals surface area contributed by atoms with E-state index >= 15 is 0 Å². The Morgan fingerprint density at radius 2 is 2.24 bits per heavy atom. The molecule has 0 saturated heterocycles. The molecule has 1 aromatic carbocycles. The Balaban J connectivity index is 2.09. The van der Waals surface area contributed by atoms with E-state index in [4.69, 9.17) is 11.6 Å². The molecule has 2 rings (SSSR count). The van der Waals surface area contributed by atoms with Gasteiger partial charge in [0.05, 0.1) is 9.95 Å². The van der Waals surface area contributed by atoms with Gasteiger partial charge in [0.2, 0.25) is 0 Å². The van der Waals surface area contributed by atoms with Gasteiger partial charge < -0.3 is 5.32 Å².